The van der Waals surface area contributed by atoms with Gasteiger partial charge in [0.1, 0.15) is 12.2 Å². The van der Waals surface area contributed by atoms with E-state index in [0.717, 1.165) is 23.8 Å². The molecule has 0 amide bonds. The minimum absolute atomic E-state index is 0.0930. The van der Waals surface area contributed by atoms with Crippen LogP contribution in [-0.2, 0) is 9.26 Å². The number of rotatable bonds is 4. The van der Waals surface area contributed by atoms with Crippen LogP contribution in [0.4, 0.5) is 4.39 Å². The summed E-state index contributed by atoms with van der Waals surface area (Å²) in [5.41, 5.74) is 1.55. The van der Waals surface area contributed by atoms with E-state index in [0.29, 0.717) is 0 Å². The third kappa shape index (κ3) is 2.68. The summed E-state index contributed by atoms with van der Waals surface area (Å²) in [4.78, 5) is 24.7. The highest BCUT2D eigenvalue weighted by Crippen LogP contribution is 2.40. The summed E-state index contributed by atoms with van der Waals surface area (Å²) in [6, 6.07) is 1.07. The second-order valence-corrected chi connectivity index (χ2v) is 5.09. The van der Waals surface area contributed by atoms with Gasteiger partial charge >= 0.3 is 5.69 Å². The van der Waals surface area contributed by atoms with Gasteiger partial charge in [-0.25, -0.2) is 9.18 Å². The van der Waals surface area contributed by atoms with Gasteiger partial charge in [-0.15, -0.1) is 0 Å². The average Bonchev–Trinajstić information content (AvgIpc) is 2.60. The number of aliphatic hydroxyl groups excluding tert-OH is 1. The summed E-state index contributed by atoms with van der Waals surface area (Å²) in [5.74, 6) is 0. The number of nitrogens with two attached hydrogens (primary N) is 1. The maximum atomic E-state index is 14.6. The average molecular weight is 307 g/mol. The van der Waals surface area contributed by atoms with Crippen LogP contribution in [0.1, 0.15) is 13.2 Å². The Bertz CT molecular complexity index is 589. The van der Waals surface area contributed by atoms with Gasteiger partial charge in [0.2, 0.25) is 0 Å². The largest absolute Gasteiger partial charge is 0.387 e. The number of alkyl halides is 1. The van der Waals surface area contributed by atoms with Gasteiger partial charge in [-0.2, -0.15) is 0 Å². The van der Waals surface area contributed by atoms with Crippen LogP contribution in [0.25, 0.3) is 0 Å². The van der Waals surface area contributed by atoms with Crippen molar-refractivity contribution in [2.45, 2.75) is 31.0 Å². The number of nitrogens with zero attached hydrogens (tertiary/aromatic N) is 1. The quantitative estimate of drug-likeness (QED) is 0.614. The van der Waals surface area contributed by atoms with Crippen molar-refractivity contribution in [1.82, 2.24) is 9.55 Å². The van der Waals surface area contributed by atoms with E-state index < -0.39 is 35.4 Å². The molecule has 4 N–H and O–H groups in total. The van der Waals surface area contributed by atoms with Crippen molar-refractivity contribution in [3.8, 4) is 0 Å². The molecule has 10 heteroatoms. The molecule has 1 aromatic rings. The summed E-state index contributed by atoms with van der Waals surface area (Å²) in [6.07, 6.45) is -2.69. The second-order valence-electron chi connectivity index (χ2n) is 4.57. The van der Waals surface area contributed by atoms with Crippen molar-refractivity contribution in [2.24, 2.45) is 5.50 Å². The normalized spacial score (nSPS) is 34.1. The maximum absolute atomic E-state index is 14.6. The van der Waals surface area contributed by atoms with E-state index >= 15 is 0 Å². The molecule has 5 atom stereocenters. The third-order valence-electron chi connectivity index (χ3n) is 3.15. The van der Waals surface area contributed by atoms with Crippen LogP contribution in [0.2, 0.25) is 0 Å². The minimum Gasteiger partial charge on any atom is -0.387 e. The Balaban J connectivity index is 2.32. The highest BCUT2D eigenvalue weighted by molar-refractivity contribution is 7.29. The lowest BCUT2D eigenvalue weighted by atomic mass is 9.98. The molecule has 0 saturated carbocycles. The molecule has 0 radical (unpaired) electrons. The van der Waals surface area contributed by atoms with E-state index in [1.54, 1.807) is 0 Å². The zero-order chi connectivity index (χ0) is 14.9. The SMILES string of the molecule is C[C@@]1(F)[C@H](O)[C@@H](COPN)O[C@H]1n1ccc(=O)[nH]c1=O. The molecule has 0 spiro atoms. The van der Waals surface area contributed by atoms with Gasteiger partial charge in [0.05, 0.1) is 15.6 Å². The predicted molar refractivity (Wildman–Crippen MR) is 69.2 cm³/mol. The number of halogens is 1. The summed E-state index contributed by atoms with van der Waals surface area (Å²) in [5, 5.41) is 9.92. The van der Waals surface area contributed by atoms with Gasteiger partial charge in [-0.05, 0) is 6.92 Å². The number of aromatic amines is 1. The van der Waals surface area contributed by atoms with Gasteiger partial charge in [0, 0.05) is 12.3 Å². The van der Waals surface area contributed by atoms with Gasteiger partial charge in [-0.1, -0.05) is 0 Å². The van der Waals surface area contributed by atoms with Crippen molar-refractivity contribution < 1.29 is 18.8 Å². The number of hydrogen-bond acceptors (Lipinski definition) is 6. The molecule has 1 aliphatic heterocycles. The van der Waals surface area contributed by atoms with Crippen molar-refractivity contribution in [1.29, 1.82) is 0 Å². The first kappa shape index (κ1) is 15.3. The molecule has 2 rings (SSSR count). The Morgan fingerprint density at radius 3 is 3.00 bits per heavy atom. The van der Waals surface area contributed by atoms with Gasteiger partial charge in [-0.3, -0.25) is 19.8 Å². The second kappa shape index (κ2) is 5.71. The molecule has 0 aromatic carbocycles. The van der Waals surface area contributed by atoms with Crippen LogP contribution in [-0.4, -0.2) is 39.1 Å². The van der Waals surface area contributed by atoms with E-state index in [2.05, 4.69) is 0 Å². The van der Waals surface area contributed by atoms with Crippen LogP contribution < -0.4 is 16.8 Å². The Labute approximate surface area is 114 Å². The number of ether oxygens (including phenoxy) is 1. The van der Waals surface area contributed by atoms with Crippen LogP contribution in [0.15, 0.2) is 21.9 Å². The van der Waals surface area contributed by atoms with Gasteiger partial charge in [0.15, 0.2) is 11.9 Å². The molecule has 0 aliphatic carbocycles. The molecular formula is C10H15FN3O5P. The number of aliphatic hydroxyl groups is 1. The highest BCUT2D eigenvalue weighted by atomic mass is 31.1. The molecule has 1 aliphatic rings. The molecule has 2 heterocycles. The predicted octanol–water partition coefficient (Wildman–Crippen LogP) is -0.993. The minimum atomic E-state index is -2.21. The lowest BCUT2D eigenvalue weighted by Crippen LogP contribution is -2.43. The van der Waals surface area contributed by atoms with E-state index in [-0.39, 0.29) is 15.6 Å². The molecule has 20 heavy (non-hydrogen) atoms. The topological polar surface area (TPSA) is 120 Å². The molecule has 0 bridgehead atoms. The Morgan fingerprint density at radius 2 is 2.40 bits per heavy atom. The van der Waals surface area contributed by atoms with Crippen LogP contribution in [0.3, 0.4) is 0 Å². The van der Waals surface area contributed by atoms with Crippen molar-refractivity contribution >= 4 is 8.96 Å². The number of aromatic nitrogens is 2. The van der Waals surface area contributed by atoms with E-state index in [4.69, 9.17) is 14.8 Å². The lowest BCUT2D eigenvalue weighted by Gasteiger charge is -2.24. The van der Waals surface area contributed by atoms with E-state index in [9.17, 15) is 19.1 Å². The summed E-state index contributed by atoms with van der Waals surface area (Å²) < 4.78 is 25.7. The smallest absolute Gasteiger partial charge is 0.330 e. The van der Waals surface area contributed by atoms with Crippen LogP contribution in [0, 0.1) is 0 Å². The fourth-order valence-electron chi connectivity index (χ4n) is 2.09. The number of nitrogens with one attached hydrogen (secondary N) is 1. The fourth-order valence-corrected chi connectivity index (χ4v) is 2.35. The number of hydrogen-bond donors (Lipinski definition) is 3. The van der Waals surface area contributed by atoms with Crippen molar-refractivity contribution in [3.63, 3.8) is 0 Å². The monoisotopic (exact) mass is 307 g/mol. The molecule has 8 nitrogen and oxygen atoms in total. The van der Waals surface area contributed by atoms with Gasteiger partial charge < -0.3 is 14.4 Å². The first-order chi connectivity index (χ1) is 9.37. The van der Waals surface area contributed by atoms with Crippen molar-refractivity contribution in [2.75, 3.05) is 6.61 Å². The first-order valence-electron chi connectivity index (χ1n) is 5.79. The standard InChI is InChI=1S/C10H15FN3O5P/c1-10(11)7(16)5(4-18-20-12)19-8(10)14-3-2-6(15)13-9(14)17/h2-3,5,7-8,16,20H,4,12H2,1H3,(H,13,15,17)/t5-,7-,8-,10-/m1/s1. The van der Waals surface area contributed by atoms with E-state index in [1.807, 2.05) is 4.98 Å². The molecule has 1 fully saturated rings. The first-order valence-corrected chi connectivity index (χ1v) is 6.77. The van der Waals surface area contributed by atoms with Crippen LogP contribution in [0.5, 0.6) is 0 Å². The summed E-state index contributed by atoms with van der Waals surface area (Å²) >= 11 is 0. The third-order valence-corrected chi connectivity index (χ3v) is 3.49. The van der Waals surface area contributed by atoms with E-state index in [1.165, 1.54) is 0 Å². The summed E-state index contributed by atoms with van der Waals surface area (Å²) in [7, 11) is -0.319. The molecule has 1 saturated heterocycles. The molecule has 1 aromatic heterocycles. The zero-order valence-corrected chi connectivity index (χ0v) is 11.6. The van der Waals surface area contributed by atoms with Crippen molar-refractivity contribution in [3.05, 3.63) is 33.1 Å². The fraction of sp³-hybridized carbons (Fsp3) is 0.600. The Kier molecular flexibility index (Phi) is 4.36. The maximum Gasteiger partial charge on any atom is 0.330 e. The molecular weight excluding hydrogens is 292 g/mol. The molecule has 112 valence electrons. The van der Waals surface area contributed by atoms with Gasteiger partial charge in [0.25, 0.3) is 5.56 Å². The summed E-state index contributed by atoms with van der Waals surface area (Å²) in [6.45, 7) is 1.02. The number of H-pyrrole nitrogens is 1. The van der Waals surface area contributed by atoms with Crippen LogP contribution >= 0.6 is 8.96 Å². The highest BCUT2D eigenvalue weighted by Gasteiger charge is 2.55. The Hall–Kier alpha value is -1.12. The lowest BCUT2D eigenvalue weighted by molar-refractivity contribution is -0.0576. The Morgan fingerprint density at radius 1 is 1.70 bits per heavy atom. The molecule has 1 unspecified atom stereocenters. The zero-order valence-electron chi connectivity index (χ0n) is 10.6.